The van der Waals surface area contributed by atoms with Crippen LogP contribution in [0.1, 0.15) is 64.3 Å². The molecule has 1 saturated heterocycles. The number of halogens is 3. The van der Waals surface area contributed by atoms with Crippen molar-refractivity contribution in [3.8, 4) is 11.5 Å². The van der Waals surface area contributed by atoms with Crippen molar-refractivity contribution in [1.82, 2.24) is 9.88 Å². The third-order valence-electron chi connectivity index (χ3n) is 9.43. The number of hydrogen-bond donors (Lipinski definition) is 4. The molecule has 1 aromatic heterocycles. The van der Waals surface area contributed by atoms with E-state index in [-0.39, 0.29) is 35.2 Å². The van der Waals surface area contributed by atoms with Crippen LogP contribution in [-0.4, -0.2) is 92.2 Å². The van der Waals surface area contributed by atoms with Crippen molar-refractivity contribution in [3.63, 3.8) is 0 Å². The number of aromatic nitrogens is 1. The third kappa shape index (κ3) is 11.3. The number of likely N-dealkylation sites (tertiary alicyclic amines) is 1. The van der Waals surface area contributed by atoms with Gasteiger partial charge in [-0.25, -0.2) is 23.0 Å². The minimum atomic E-state index is -5.08. The van der Waals surface area contributed by atoms with E-state index >= 15 is 4.79 Å². The molecule has 330 valence electrons. The largest absolute Gasteiger partial charge is 0.490 e. The molecule has 20 heteroatoms. The van der Waals surface area contributed by atoms with Crippen molar-refractivity contribution < 1.29 is 64.8 Å². The van der Waals surface area contributed by atoms with E-state index in [2.05, 4.69) is 15.6 Å². The first-order valence-electron chi connectivity index (χ1n) is 18.9. The monoisotopic (exact) mass is 875 g/mol. The average Bonchev–Trinajstić information content (AvgIpc) is 3.65. The molecule has 4 aromatic rings. The fourth-order valence-electron chi connectivity index (χ4n) is 6.60. The van der Waals surface area contributed by atoms with Crippen molar-refractivity contribution in [2.75, 3.05) is 43.7 Å². The number of anilines is 3. The predicted molar refractivity (Wildman–Crippen MR) is 219 cm³/mol. The lowest BCUT2D eigenvalue weighted by Crippen LogP contribution is -2.40. The fraction of sp³-hybridized carbons (Fsp3) is 0.390. The maximum Gasteiger partial charge on any atom is 0.490 e. The molecular formula is C41H48F3N5O11S. The van der Waals surface area contributed by atoms with Gasteiger partial charge in [0.15, 0.2) is 21.3 Å². The predicted octanol–water partition coefficient (Wildman–Crippen LogP) is 6.91. The Morgan fingerprint density at radius 1 is 0.951 bits per heavy atom. The second kappa shape index (κ2) is 19.8. The highest BCUT2D eigenvalue weighted by Crippen LogP contribution is 2.44. The van der Waals surface area contributed by atoms with Gasteiger partial charge in [0.25, 0.3) is 0 Å². The molecule has 0 saturated carbocycles. The number of ether oxygens (including phenoxy) is 4. The quantitative estimate of drug-likeness (QED) is 0.100. The number of pyridine rings is 1. The highest BCUT2D eigenvalue weighted by atomic mass is 32.2. The van der Waals surface area contributed by atoms with E-state index in [0.29, 0.717) is 35.2 Å². The number of carboxylic acid groups (broad SMARTS) is 1. The number of esters is 1. The van der Waals surface area contributed by atoms with Crippen molar-refractivity contribution >= 4 is 61.7 Å². The van der Waals surface area contributed by atoms with Gasteiger partial charge in [-0.05, 0) is 112 Å². The maximum absolute atomic E-state index is 15.2. The summed E-state index contributed by atoms with van der Waals surface area (Å²) in [5.74, 6) is -3.48. The van der Waals surface area contributed by atoms with E-state index in [9.17, 15) is 31.2 Å². The molecule has 16 nitrogen and oxygen atoms in total. The number of nitrogen functional groups attached to an aromatic ring is 1. The molecule has 5 N–H and O–H groups in total. The van der Waals surface area contributed by atoms with Crippen LogP contribution in [0.2, 0.25) is 0 Å². The molecule has 0 bridgehead atoms. The minimum Gasteiger partial charge on any atom is -0.490 e. The second-order valence-electron chi connectivity index (χ2n) is 14.2. The number of nitrogens with zero attached hydrogens (tertiary/aromatic N) is 2. The van der Waals surface area contributed by atoms with Crippen LogP contribution in [0, 0.1) is 5.92 Å². The van der Waals surface area contributed by atoms with Gasteiger partial charge in [0.1, 0.15) is 11.9 Å². The Morgan fingerprint density at radius 2 is 1.62 bits per heavy atom. The minimum absolute atomic E-state index is 0.0782. The number of sulfone groups is 1. The summed E-state index contributed by atoms with van der Waals surface area (Å²) in [5, 5.41) is 13.8. The van der Waals surface area contributed by atoms with Gasteiger partial charge in [0.05, 0.1) is 49.0 Å². The van der Waals surface area contributed by atoms with Crippen LogP contribution in [0.25, 0.3) is 10.8 Å². The van der Waals surface area contributed by atoms with E-state index in [1.807, 2.05) is 39.0 Å². The molecule has 3 atom stereocenters. The smallest absolute Gasteiger partial charge is 0.490 e. The average molecular weight is 876 g/mol. The highest BCUT2D eigenvalue weighted by Gasteiger charge is 2.47. The first kappa shape index (κ1) is 47.4. The molecular weight excluding hydrogens is 828 g/mol. The Labute approximate surface area is 350 Å². The number of fused-ring (bicyclic) bond motifs is 1. The SMILES string of the molecule is CCOc1cc(C(Nc2ccc3c(N)nccc3c2)C(=O)N2CC[C@@H](C(=O)OC)[C@H]2c2cc(NC(=O)OC)ccc2S(=O)(=O)C(C)C)ccc1OC(C)C.O=C(O)C(F)(F)F. The number of carboxylic acids is 1. The van der Waals surface area contributed by atoms with Gasteiger partial charge >= 0.3 is 24.2 Å². The Hall–Kier alpha value is -6.31. The zero-order valence-electron chi connectivity index (χ0n) is 34.4. The number of benzene rings is 3. The molecule has 1 fully saturated rings. The summed E-state index contributed by atoms with van der Waals surface area (Å²) in [4.78, 5) is 55.4. The van der Waals surface area contributed by atoms with Gasteiger partial charge in [0.2, 0.25) is 5.91 Å². The Bertz CT molecular complexity index is 2360. The van der Waals surface area contributed by atoms with E-state index in [4.69, 9.17) is 34.6 Å². The van der Waals surface area contributed by atoms with Crippen molar-refractivity contribution in [2.24, 2.45) is 5.92 Å². The number of carbonyl (C=O) groups excluding carboxylic acids is 3. The third-order valence-corrected chi connectivity index (χ3v) is 11.7. The van der Waals surface area contributed by atoms with Crippen molar-refractivity contribution in [1.29, 1.82) is 0 Å². The number of nitrogens with two attached hydrogens (primary N) is 1. The highest BCUT2D eigenvalue weighted by molar-refractivity contribution is 7.92. The van der Waals surface area contributed by atoms with Crippen LogP contribution in [0.4, 0.5) is 35.2 Å². The molecule has 1 aliphatic rings. The number of aliphatic carboxylic acids is 1. The number of carbonyl (C=O) groups is 4. The van der Waals surface area contributed by atoms with Crippen molar-refractivity contribution in [3.05, 3.63) is 78.0 Å². The number of amides is 2. The molecule has 1 unspecified atom stereocenters. The van der Waals surface area contributed by atoms with Crippen LogP contribution in [0.3, 0.4) is 0 Å². The van der Waals surface area contributed by atoms with E-state index in [1.54, 1.807) is 44.3 Å². The number of hydrogen-bond acceptors (Lipinski definition) is 13. The van der Waals surface area contributed by atoms with E-state index in [0.717, 1.165) is 10.8 Å². The summed E-state index contributed by atoms with van der Waals surface area (Å²) < 4.78 is 81.4. The summed E-state index contributed by atoms with van der Waals surface area (Å²) in [7, 11) is -1.53. The number of alkyl halides is 3. The Morgan fingerprint density at radius 3 is 2.21 bits per heavy atom. The molecule has 0 radical (unpaired) electrons. The van der Waals surface area contributed by atoms with E-state index in [1.165, 1.54) is 37.3 Å². The number of rotatable bonds is 13. The molecule has 2 amide bonds. The summed E-state index contributed by atoms with van der Waals surface area (Å²) >= 11 is 0. The van der Waals surface area contributed by atoms with E-state index < -0.39 is 63.2 Å². The first-order valence-corrected chi connectivity index (χ1v) is 20.4. The normalized spacial score (nSPS) is 15.7. The standard InChI is InChI=1S/C39H47N5O9S.C2HF3O2/c1-8-52-32-20-25(9-13-31(32)53-22(2)3)34(42-26-10-12-28-24(19-26)15-17-41-36(28)40)37(45)44-18-16-29(38(46)50-6)35(44)30-21-27(43-39(47)51-7)11-14-33(30)54(48,49)23(4)5;3-2(4,5)1(6)7/h9-15,17,19-23,29,34-35,42H,8,16,18H2,1-7H3,(H2,40,41)(H,43,47);(H,6,7)/t29-,34?,35+;/m1./s1. The topological polar surface area (TPSA) is 226 Å². The molecule has 1 aliphatic heterocycles. The molecule has 0 aliphatic carbocycles. The first-order chi connectivity index (χ1) is 28.6. The van der Waals surface area contributed by atoms with Crippen LogP contribution < -0.4 is 25.8 Å². The molecule has 5 rings (SSSR count). The fourth-order valence-corrected chi connectivity index (χ4v) is 7.87. The summed E-state index contributed by atoms with van der Waals surface area (Å²) in [5.41, 5.74) is 7.59. The Balaban J connectivity index is 0.00000107. The van der Waals surface area contributed by atoms with Gasteiger partial charge in [-0.1, -0.05) is 6.07 Å². The molecule has 61 heavy (non-hydrogen) atoms. The Kier molecular flexibility index (Phi) is 15.4. The van der Waals surface area contributed by atoms with Crippen LogP contribution in [0.5, 0.6) is 11.5 Å². The van der Waals surface area contributed by atoms with Crippen LogP contribution >= 0.6 is 0 Å². The number of nitrogens with one attached hydrogen (secondary N) is 2. The molecule has 0 spiro atoms. The second-order valence-corrected chi connectivity index (χ2v) is 16.6. The maximum atomic E-state index is 15.2. The lowest BCUT2D eigenvalue weighted by molar-refractivity contribution is -0.192. The lowest BCUT2D eigenvalue weighted by Gasteiger charge is -2.33. The van der Waals surface area contributed by atoms with Gasteiger partial charge < -0.3 is 40.0 Å². The zero-order valence-corrected chi connectivity index (χ0v) is 35.2. The van der Waals surface area contributed by atoms with Gasteiger partial charge in [-0.2, -0.15) is 13.2 Å². The zero-order chi connectivity index (χ0) is 45.4. The molecule has 2 heterocycles. The van der Waals surface area contributed by atoms with Crippen LogP contribution in [0.15, 0.2) is 71.8 Å². The lowest BCUT2D eigenvalue weighted by atomic mass is 9.92. The summed E-state index contributed by atoms with van der Waals surface area (Å²) in [6, 6.07) is 14.6. The molecule has 3 aromatic carbocycles. The number of methoxy groups -OCH3 is 2. The van der Waals surface area contributed by atoms with Gasteiger partial charge in [-0.15, -0.1) is 0 Å². The summed E-state index contributed by atoms with van der Waals surface area (Å²) in [6.07, 6.45) is -4.23. The summed E-state index contributed by atoms with van der Waals surface area (Å²) in [6.45, 7) is 9.15. The van der Waals surface area contributed by atoms with Crippen molar-refractivity contribution in [2.45, 2.75) is 75.5 Å². The van der Waals surface area contributed by atoms with Gasteiger partial charge in [0, 0.05) is 29.5 Å². The van der Waals surface area contributed by atoms with Gasteiger partial charge in [-0.3, -0.25) is 14.9 Å². The van der Waals surface area contributed by atoms with Crippen LogP contribution in [-0.2, 0) is 33.7 Å².